The first-order chi connectivity index (χ1) is 6.04. The van der Waals surface area contributed by atoms with E-state index in [1.165, 1.54) is 0 Å². The fourth-order valence-corrected chi connectivity index (χ4v) is 1.10. The second-order valence-corrected chi connectivity index (χ2v) is 2.65. The van der Waals surface area contributed by atoms with Crippen LogP contribution < -0.4 is 5.73 Å². The second kappa shape index (κ2) is 3.66. The summed E-state index contributed by atoms with van der Waals surface area (Å²) in [5.41, 5.74) is 3.94. The number of hydrogen-bond donors (Lipinski definition) is 1. The third-order valence-corrected chi connectivity index (χ3v) is 1.72. The second-order valence-electron chi connectivity index (χ2n) is 2.25. The highest BCUT2D eigenvalue weighted by Crippen LogP contribution is 2.28. The van der Waals surface area contributed by atoms with Crippen molar-refractivity contribution in [2.45, 2.75) is 6.43 Å². The molecule has 0 aliphatic rings. The van der Waals surface area contributed by atoms with Crippen LogP contribution in [-0.2, 0) is 0 Å². The van der Waals surface area contributed by atoms with Gasteiger partial charge in [-0.05, 0) is 0 Å². The molecule has 1 aromatic rings. The number of rotatable bonds is 2. The van der Waals surface area contributed by atoms with Crippen molar-refractivity contribution >= 4 is 17.5 Å². The molecular weight excluding hydrogens is 202 g/mol. The van der Waals surface area contributed by atoms with Gasteiger partial charge in [0.15, 0.2) is 0 Å². The van der Waals surface area contributed by atoms with Crippen LogP contribution in [0.1, 0.15) is 22.3 Å². The molecule has 0 spiro atoms. The van der Waals surface area contributed by atoms with Gasteiger partial charge in [-0.25, -0.2) is 8.78 Å². The van der Waals surface area contributed by atoms with E-state index in [1.54, 1.807) is 0 Å². The molecule has 0 saturated heterocycles. The Balaban J connectivity index is 3.34. The zero-order valence-electron chi connectivity index (χ0n) is 6.30. The highest BCUT2D eigenvalue weighted by molar-refractivity contribution is 6.31. The lowest BCUT2D eigenvalue weighted by Crippen LogP contribution is -2.14. The van der Waals surface area contributed by atoms with Gasteiger partial charge in [0.1, 0.15) is 0 Å². The summed E-state index contributed by atoms with van der Waals surface area (Å²) in [6.45, 7) is 0. The first kappa shape index (κ1) is 9.85. The van der Waals surface area contributed by atoms with E-state index in [0.29, 0.717) is 0 Å². The summed E-state index contributed by atoms with van der Waals surface area (Å²) in [4.78, 5) is 14.2. The van der Waals surface area contributed by atoms with Crippen LogP contribution in [0.3, 0.4) is 0 Å². The van der Waals surface area contributed by atoms with Crippen molar-refractivity contribution in [2.24, 2.45) is 5.73 Å². The molecule has 0 aliphatic carbocycles. The molecule has 13 heavy (non-hydrogen) atoms. The third kappa shape index (κ3) is 1.92. The van der Waals surface area contributed by atoms with Crippen LogP contribution in [0.5, 0.6) is 0 Å². The lowest BCUT2D eigenvalue weighted by atomic mass is 10.1. The van der Waals surface area contributed by atoms with Gasteiger partial charge in [-0.15, -0.1) is 0 Å². The number of halogens is 3. The molecule has 0 saturated carbocycles. The third-order valence-electron chi connectivity index (χ3n) is 1.42. The Hall–Kier alpha value is -1.23. The zero-order chi connectivity index (χ0) is 10.0. The largest absolute Gasteiger partial charge is 0.366 e. The molecule has 0 fully saturated rings. The van der Waals surface area contributed by atoms with E-state index in [-0.39, 0.29) is 10.6 Å². The van der Waals surface area contributed by atoms with Crippen LogP contribution in [0.4, 0.5) is 8.78 Å². The number of primary amides is 1. The first-order valence-corrected chi connectivity index (χ1v) is 3.63. The summed E-state index contributed by atoms with van der Waals surface area (Å²) in [5, 5.41) is -0.258. The summed E-state index contributed by atoms with van der Waals surface area (Å²) in [5.74, 6) is -0.967. The van der Waals surface area contributed by atoms with Crippen LogP contribution in [0, 0.1) is 0 Å². The van der Waals surface area contributed by atoms with Crippen molar-refractivity contribution in [1.29, 1.82) is 0 Å². The van der Waals surface area contributed by atoms with Crippen LogP contribution in [0.25, 0.3) is 0 Å². The first-order valence-electron chi connectivity index (χ1n) is 3.25. The van der Waals surface area contributed by atoms with E-state index in [0.717, 1.165) is 12.4 Å². The zero-order valence-corrected chi connectivity index (χ0v) is 7.05. The predicted octanol–water partition coefficient (Wildman–Crippen LogP) is 1.77. The van der Waals surface area contributed by atoms with E-state index >= 15 is 0 Å². The highest BCUT2D eigenvalue weighted by atomic mass is 35.5. The quantitative estimate of drug-likeness (QED) is 0.802. The molecule has 6 heteroatoms. The maximum absolute atomic E-state index is 12.3. The number of hydrogen-bond acceptors (Lipinski definition) is 2. The maximum atomic E-state index is 12.3. The normalized spacial score (nSPS) is 10.5. The van der Waals surface area contributed by atoms with Crippen molar-refractivity contribution in [3.8, 4) is 0 Å². The molecule has 0 aliphatic heterocycles. The molecule has 0 unspecified atom stereocenters. The molecule has 0 atom stereocenters. The van der Waals surface area contributed by atoms with Crippen molar-refractivity contribution in [2.75, 3.05) is 0 Å². The molecule has 1 amide bonds. The Morgan fingerprint density at radius 2 is 2.15 bits per heavy atom. The summed E-state index contributed by atoms with van der Waals surface area (Å²) in [6.07, 6.45) is -0.830. The van der Waals surface area contributed by atoms with Gasteiger partial charge in [0, 0.05) is 12.4 Å². The Labute approximate surface area is 77.5 Å². The fraction of sp³-hybridized carbons (Fsp3) is 0.143. The Bertz CT molecular complexity index is 343. The van der Waals surface area contributed by atoms with E-state index < -0.39 is 17.9 Å². The van der Waals surface area contributed by atoms with Gasteiger partial charge in [-0.2, -0.15) is 0 Å². The van der Waals surface area contributed by atoms with Gasteiger partial charge in [0.25, 0.3) is 12.3 Å². The number of pyridine rings is 1. The minimum atomic E-state index is -2.84. The predicted molar refractivity (Wildman–Crippen MR) is 42.7 cm³/mol. The van der Waals surface area contributed by atoms with Gasteiger partial charge in [-0.3, -0.25) is 9.78 Å². The summed E-state index contributed by atoms with van der Waals surface area (Å²) < 4.78 is 24.7. The summed E-state index contributed by atoms with van der Waals surface area (Å²) in [7, 11) is 0. The monoisotopic (exact) mass is 206 g/mol. The van der Waals surface area contributed by atoms with Crippen LogP contribution in [-0.4, -0.2) is 10.9 Å². The molecule has 2 N–H and O–H groups in total. The Morgan fingerprint density at radius 3 is 2.54 bits per heavy atom. The topological polar surface area (TPSA) is 56.0 Å². The fourth-order valence-electron chi connectivity index (χ4n) is 0.863. The molecule has 70 valence electrons. The molecule has 1 heterocycles. The molecule has 1 rings (SSSR count). The Morgan fingerprint density at radius 1 is 1.54 bits per heavy atom. The van der Waals surface area contributed by atoms with Gasteiger partial charge in [-0.1, -0.05) is 11.6 Å². The van der Waals surface area contributed by atoms with Gasteiger partial charge >= 0.3 is 0 Å². The number of aromatic nitrogens is 1. The minimum absolute atomic E-state index is 0.258. The van der Waals surface area contributed by atoms with Crippen molar-refractivity contribution in [1.82, 2.24) is 4.98 Å². The number of nitrogens with zero attached hydrogens (tertiary/aromatic N) is 1. The van der Waals surface area contributed by atoms with Gasteiger partial charge in [0.05, 0.1) is 16.1 Å². The molecule has 3 nitrogen and oxygen atoms in total. The van der Waals surface area contributed by atoms with E-state index in [1.807, 2.05) is 0 Å². The maximum Gasteiger partial charge on any atom is 0.266 e. The number of alkyl halides is 2. The summed E-state index contributed by atoms with van der Waals surface area (Å²) >= 11 is 5.42. The van der Waals surface area contributed by atoms with E-state index in [9.17, 15) is 13.6 Å². The van der Waals surface area contributed by atoms with E-state index in [2.05, 4.69) is 4.98 Å². The number of nitrogens with two attached hydrogens (primary N) is 1. The van der Waals surface area contributed by atoms with Crippen LogP contribution >= 0.6 is 11.6 Å². The van der Waals surface area contributed by atoms with Gasteiger partial charge in [0.2, 0.25) is 0 Å². The number of carbonyl (C=O) groups is 1. The van der Waals surface area contributed by atoms with Crippen molar-refractivity contribution in [3.05, 3.63) is 28.5 Å². The SMILES string of the molecule is NC(=O)c1cncc(Cl)c1C(F)F. The lowest BCUT2D eigenvalue weighted by molar-refractivity contribution is 0.0985. The highest BCUT2D eigenvalue weighted by Gasteiger charge is 2.20. The molecule has 0 radical (unpaired) electrons. The smallest absolute Gasteiger partial charge is 0.266 e. The number of amides is 1. The lowest BCUT2D eigenvalue weighted by Gasteiger charge is -2.05. The molecule has 1 aromatic heterocycles. The Kier molecular flexibility index (Phi) is 2.77. The summed E-state index contributed by atoms with van der Waals surface area (Å²) in [6, 6.07) is 0. The minimum Gasteiger partial charge on any atom is -0.366 e. The van der Waals surface area contributed by atoms with Crippen LogP contribution in [0.2, 0.25) is 5.02 Å². The van der Waals surface area contributed by atoms with Gasteiger partial charge < -0.3 is 5.73 Å². The molecular formula is C7H5ClF2N2O. The van der Waals surface area contributed by atoms with Crippen molar-refractivity contribution < 1.29 is 13.6 Å². The molecule has 0 aromatic carbocycles. The number of carbonyl (C=O) groups excluding carboxylic acids is 1. The van der Waals surface area contributed by atoms with Crippen LogP contribution in [0.15, 0.2) is 12.4 Å². The molecule has 0 bridgehead atoms. The standard InChI is InChI=1S/C7H5ClF2N2O/c8-4-2-12-1-3(7(11)13)5(4)6(9)10/h1-2,6H,(H2,11,13). The average Bonchev–Trinajstić information content (AvgIpc) is 2.02. The van der Waals surface area contributed by atoms with Crippen molar-refractivity contribution in [3.63, 3.8) is 0 Å². The van der Waals surface area contributed by atoms with E-state index in [4.69, 9.17) is 17.3 Å². The average molecular weight is 207 g/mol.